The first-order valence-corrected chi connectivity index (χ1v) is 6.28. The largest absolute Gasteiger partial charge is 0.464 e. The maximum absolute atomic E-state index is 12.6. The van der Waals surface area contributed by atoms with Gasteiger partial charge in [0, 0.05) is 11.1 Å². The molecule has 0 saturated heterocycles. The number of ether oxygens (including phenoxy) is 2. The fourth-order valence-corrected chi connectivity index (χ4v) is 1.79. The molecule has 4 nitrogen and oxygen atoms in total. The highest BCUT2D eigenvalue weighted by atomic mass is 35.5. The summed E-state index contributed by atoms with van der Waals surface area (Å²) in [6.45, 7) is 0. The molecule has 0 aliphatic heterocycles. The van der Waals surface area contributed by atoms with Gasteiger partial charge >= 0.3 is 12.1 Å². The molecule has 0 unspecified atom stereocenters. The van der Waals surface area contributed by atoms with E-state index >= 15 is 0 Å². The van der Waals surface area contributed by atoms with Crippen molar-refractivity contribution in [2.45, 2.75) is 6.18 Å². The number of benzene rings is 1. The van der Waals surface area contributed by atoms with Crippen molar-refractivity contribution >= 4 is 17.6 Å². The Morgan fingerprint density at radius 2 is 1.95 bits per heavy atom. The average molecular weight is 332 g/mol. The summed E-state index contributed by atoms with van der Waals surface area (Å²) in [4.78, 5) is 15.2. The summed E-state index contributed by atoms with van der Waals surface area (Å²) in [5.41, 5.74) is -0.975. The predicted octanol–water partition coefficient (Wildman–Crippen LogP) is 4.33. The van der Waals surface area contributed by atoms with Crippen molar-refractivity contribution in [3.63, 3.8) is 0 Å². The number of hydrogen-bond acceptors (Lipinski definition) is 4. The van der Waals surface area contributed by atoms with Crippen LogP contribution >= 0.6 is 11.6 Å². The van der Waals surface area contributed by atoms with E-state index in [1.165, 1.54) is 24.3 Å². The third kappa shape index (κ3) is 3.88. The second-order valence-electron chi connectivity index (χ2n) is 4.13. The molecule has 0 fully saturated rings. The number of hydrogen-bond donors (Lipinski definition) is 0. The number of halogens is 4. The van der Waals surface area contributed by atoms with Gasteiger partial charge in [0.1, 0.15) is 5.75 Å². The molecule has 0 saturated carbocycles. The minimum absolute atomic E-state index is 0.0830. The zero-order valence-corrected chi connectivity index (χ0v) is 11.9. The first kappa shape index (κ1) is 16.1. The van der Waals surface area contributed by atoms with Crippen LogP contribution in [0.1, 0.15) is 16.1 Å². The highest BCUT2D eigenvalue weighted by Gasteiger charge is 2.30. The van der Waals surface area contributed by atoms with Crippen LogP contribution in [0.5, 0.6) is 11.6 Å². The van der Waals surface area contributed by atoms with Crippen molar-refractivity contribution in [2.24, 2.45) is 0 Å². The molecule has 0 bridgehead atoms. The van der Waals surface area contributed by atoms with Gasteiger partial charge in [-0.2, -0.15) is 13.2 Å². The van der Waals surface area contributed by atoms with E-state index in [4.69, 9.17) is 16.3 Å². The Morgan fingerprint density at radius 1 is 1.23 bits per heavy atom. The fourth-order valence-electron chi connectivity index (χ4n) is 1.59. The number of pyridine rings is 1. The number of nitrogens with zero attached hydrogens (tertiary/aromatic N) is 1. The quantitative estimate of drug-likeness (QED) is 0.785. The highest BCUT2D eigenvalue weighted by Crippen LogP contribution is 2.32. The zero-order chi connectivity index (χ0) is 16.3. The topological polar surface area (TPSA) is 48.4 Å². The molecule has 0 radical (unpaired) electrons. The number of esters is 1. The van der Waals surface area contributed by atoms with Gasteiger partial charge in [-0.15, -0.1) is 0 Å². The molecular weight excluding hydrogens is 323 g/mol. The number of carbonyl (C=O) groups excluding carboxylic acids is 1. The molecule has 1 aromatic heterocycles. The van der Waals surface area contributed by atoms with Crippen LogP contribution in [0.15, 0.2) is 36.4 Å². The van der Waals surface area contributed by atoms with Crippen LogP contribution < -0.4 is 4.74 Å². The summed E-state index contributed by atoms with van der Waals surface area (Å²) in [5.74, 6) is -0.941. The van der Waals surface area contributed by atoms with Crippen LogP contribution in [0.3, 0.4) is 0 Å². The Hall–Kier alpha value is -2.28. The molecule has 1 aromatic carbocycles. The van der Waals surface area contributed by atoms with Crippen molar-refractivity contribution < 1.29 is 27.4 Å². The van der Waals surface area contributed by atoms with Gasteiger partial charge in [0.2, 0.25) is 5.88 Å². The minimum atomic E-state index is -4.49. The Balaban J connectivity index is 2.31. The third-order valence-corrected chi connectivity index (χ3v) is 2.76. The van der Waals surface area contributed by atoms with Gasteiger partial charge in [0.05, 0.1) is 12.7 Å². The summed E-state index contributed by atoms with van der Waals surface area (Å²) < 4.78 is 47.6. The molecule has 22 heavy (non-hydrogen) atoms. The summed E-state index contributed by atoms with van der Waals surface area (Å²) >= 11 is 5.81. The summed E-state index contributed by atoms with van der Waals surface area (Å²) in [6, 6.07) is 6.79. The van der Waals surface area contributed by atoms with Crippen molar-refractivity contribution in [2.75, 3.05) is 7.11 Å². The maximum Gasteiger partial charge on any atom is 0.416 e. The first-order valence-electron chi connectivity index (χ1n) is 5.90. The lowest BCUT2D eigenvalue weighted by Crippen LogP contribution is -2.06. The zero-order valence-electron chi connectivity index (χ0n) is 11.1. The predicted molar refractivity (Wildman–Crippen MR) is 72.1 cm³/mol. The van der Waals surface area contributed by atoms with Gasteiger partial charge in [-0.3, -0.25) is 0 Å². The monoisotopic (exact) mass is 331 g/mol. The molecule has 2 rings (SSSR count). The van der Waals surface area contributed by atoms with E-state index < -0.39 is 17.7 Å². The van der Waals surface area contributed by atoms with E-state index in [1.54, 1.807) is 0 Å². The summed E-state index contributed by atoms with van der Waals surface area (Å²) in [6.07, 6.45) is -4.49. The van der Waals surface area contributed by atoms with Gasteiger partial charge in [-0.25, -0.2) is 9.78 Å². The van der Waals surface area contributed by atoms with Crippen LogP contribution in [0.2, 0.25) is 5.02 Å². The molecular formula is C14H9ClF3NO3. The first-order chi connectivity index (χ1) is 10.3. The van der Waals surface area contributed by atoms with E-state index in [0.29, 0.717) is 0 Å². The molecule has 1 heterocycles. The van der Waals surface area contributed by atoms with Crippen LogP contribution in [-0.2, 0) is 10.9 Å². The molecule has 0 N–H and O–H groups in total. The second-order valence-corrected chi connectivity index (χ2v) is 4.56. The van der Waals surface area contributed by atoms with Crippen molar-refractivity contribution in [1.82, 2.24) is 4.98 Å². The molecule has 0 aliphatic rings. The summed E-state index contributed by atoms with van der Waals surface area (Å²) in [5, 5.41) is 0.136. The molecule has 0 spiro atoms. The number of carbonyl (C=O) groups is 1. The molecule has 8 heteroatoms. The average Bonchev–Trinajstić information content (AvgIpc) is 2.45. The second kappa shape index (κ2) is 6.23. The van der Waals surface area contributed by atoms with Crippen LogP contribution in [0, 0.1) is 0 Å². The van der Waals surface area contributed by atoms with Crippen molar-refractivity contribution in [3.8, 4) is 11.6 Å². The minimum Gasteiger partial charge on any atom is -0.464 e. The molecule has 2 aromatic rings. The molecule has 0 aliphatic carbocycles. The van der Waals surface area contributed by atoms with E-state index in [0.717, 1.165) is 19.2 Å². The lowest BCUT2D eigenvalue weighted by Gasteiger charge is -2.10. The lowest BCUT2D eigenvalue weighted by molar-refractivity contribution is -0.137. The maximum atomic E-state index is 12.6. The Labute approximate surface area is 128 Å². The van der Waals surface area contributed by atoms with Crippen molar-refractivity contribution in [3.05, 3.63) is 52.7 Å². The number of methoxy groups -OCH3 is 1. The molecule has 0 atom stereocenters. The molecule has 0 amide bonds. The fraction of sp³-hybridized carbons (Fsp3) is 0.143. The van der Waals surface area contributed by atoms with E-state index in [9.17, 15) is 18.0 Å². The van der Waals surface area contributed by atoms with Crippen LogP contribution in [0.25, 0.3) is 0 Å². The Kier molecular flexibility index (Phi) is 4.56. The third-order valence-electron chi connectivity index (χ3n) is 2.54. The SMILES string of the molecule is COC(=O)c1cc(Cl)cc(Oc2cccc(C(F)(F)F)c2)n1. The highest BCUT2D eigenvalue weighted by molar-refractivity contribution is 6.31. The van der Waals surface area contributed by atoms with E-state index in [-0.39, 0.29) is 22.3 Å². The van der Waals surface area contributed by atoms with Gasteiger partial charge < -0.3 is 9.47 Å². The van der Waals surface area contributed by atoms with Crippen LogP contribution in [0.4, 0.5) is 13.2 Å². The molecule has 116 valence electrons. The smallest absolute Gasteiger partial charge is 0.416 e. The van der Waals surface area contributed by atoms with Gasteiger partial charge in [-0.1, -0.05) is 17.7 Å². The van der Waals surface area contributed by atoms with E-state index in [1.807, 2.05) is 0 Å². The van der Waals surface area contributed by atoms with Crippen molar-refractivity contribution in [1.29, 1.82) is 0 Å². The number of alkyl halides is 3. The van der Waals surface area contributed by atoms with Crippen LogP contribution in [-0.4, -0.2) is 18.1 Å². The Morgan fingerprint density at radius 3 is 2.59 bits per heavy atom. The van der Waals surface area contributed by atoms with Gasteiger partial charge in [0.25, 0.3) is 0 Å². The Bertz CT molecular complexity index is 704. The van der Waals surface area contributed by atoms with E-state index in [2.05, 4.69) is 9.72 Å². The van der Waals surface area contributed by atoms with Gasteiger partial charge in [-0.05, 0) is 24.3 Å². The summed E-state index contributed by atoms with van der Waals surface area (Å²) in [7, 11) is 1.16. The van der Waals surface area contributed by atoms with Gasteiger partial charge in [0.15, 0.2) is 5.69 Å². The lowest BCUT2D eigenvalue weighted by atomic mass is 10.2. The standard InChI is InChI=1S/C14H9ClF3NO3/c1-21-13(20)11-6-9(15)7-12(19-11)22-10-4-2-3-8(5-10)14(16,17)18/h2-7H,1H3. The number of aromatic nitrogens is 1. The normalized spacial score (nSPS) is 11.1. The number of rotatable bonds is 3.